The van der Waals surface area contributed by atoms with Crippen LogP contribution in [-0.2, 0) is 13.1 Å². The second-order valence-electron chi connectivity index (χ2n) is 5.70. The van der Waals surface area contributed by atoms with Gasteiger partial charge < -0.3 is 21.3 Å². The van der Waals surface area contributed by atoms with Gasteiger partial charge in [0.2, 0.25) is 0 Å². The second-order valence-corrected chi connectivity index (χ2v) is 8.22. The van der Waals surface area contributed by atoms with Crippen molar-refractivity contribution in [1.82, 2.24) is 0 Å². The van der Waals surface area contributed by atoms with E-state index in [2.05, 4.69) is 41.7 Å². The van der Waals surface area contributed by atoms with Gasteiger partial charge in [0, 0.05) is 33.2 Å². The van der Waals surface area contributed by atoms with Crippen molar-refractivity contribution in [2.24, 2.45) is 0 Å². The zero-order valence-electron chi connectivity index (χ0n) is 11.8. The molecule has 0 unspecified atom stereocenters. The first kappa shape index (κ1) is 15.7. The largest absolute Gasteiger partial charge is 0.397 e. The number of hydrogen-bond donors (Lipinski definition) is 2. The number of benzene rings is 2. The van der Waals surface area contributed by atoms with Crippen molar-refractivity contribution in [3.05, 3.63) is 42.3 Å². The first-order chi connectivity index (χ1) is 10.9. The Balaban J connectivity index is 1.94. The quantitative estimate of drug-likeness (QED) is 0.524. The Bertz CT molecular complexity index is 787. The molecule has 4 nitrogen and oxygen atoms in total. The molecule has 120 valence electrons. The number of nitrogens with zero attached hydrogens (tertiary/aromatic N) is 2. The van der Waals surface area contributed by atoms with Crippen molar-refractivity contribution in [3.8, 4) is 0 Å². The molecule has 0 atom stereocenters. The van der Waals surface area contributed by atoms with E-state index in [-0.39, 0.29) is 0 Å². The molecule has 2 aromatic carbocycles. The molecule has 23 heavy (non-hydrogen) atoms. The van der Waals surface area contributed by atoms with E-state index in [4.69, 9.17) is 34.7 Å². The van der Waals surface area contributed by atoms with Gasteiger partial charge in [-0.3, -0.25) is 0 Å². The van der Waals surface area contributed by atoms with Crippen LogP contribution in [0.2, 0.25) is 10.0 Å². The number of fused-ring (bicyclic) bond motifs is 6. The number of halogens is 4. The van der Waals surface area contributed by atoms with Crippen molar-refractivity contribution < 1.29 is 0 Å². The van der Waals surface area contributed by atoms with Gasteiger partial charge in [0.05, 0.1) is 39.5 Å². The highest BCUT2D eigenvalue weighted by Gasteiger charge is 2.35. The average molecular weight is 479 g/mol. The normalized spacial score (nSPS) is 15.5. The van der Waals surface area contributed by atoms with Crippen LogP contribution in [0.1, 0.15) is 11.1 Å². The molecule has 2 aromatic rings. The van der Waals surface area contributed by atoms with Crippen LogP contribution in [0.3, 0.4) is 0 Å². The molecule has 4 N–H and O–H groups in total. The highest BCUT2D eigenvalue weighted by atomic mass is 79.9. The van der Waals surface area contributed by atoms with E-state index in [1.54, 1.807) is 0 Å². The minimum absolute atomic E-state index is 0.643. The first-order valence-electron chi connectivity index (χ1n) is 6.91. The van der Waals surface area contributed by atoms with Crippen molar-refractivity contribution in [2.75, 3.05) is 27.9 Å². The number of hydrogen-bond acceptors (Lipinski definition) is 4. The van der Waals surface area contributed by atoms with Crippen molar-refractivity contribution in [1.29, 1.82) is 0 Å². The van der Waals surface area contributed by atoms with Crippen molar-refractivity contribution >= 4 is 77.8 Å². The Hall–Kier alpha value is -0.820. The molecule has 8 heteroatoms. The zero-order chi connectivity index (χ0) is 16.5. The fourth-order valence-corrected chi connectivity index (χ4v) is 5.22. The Labute approximate surface area is 160 Å². The molecule has 0 aromatic heterocycles. The predicted octanol–water partition coefficient (Wildman–Crippen LogP) is 4.98. The molecule has 0 spiro atoms. The van der Waals surface area contributed by atoms with E-state index in [1.165, 1.54) is 0 Å². The first-order valence-corrected chi connectivity index (χ1v) is 9.25. The van der Waals surface area contributed by atoms with Gasteiger partial charge in [-0.2, -0.15) is 0 Å². The van der Waals surface area contributed by atoms with Gasteiger partial charge in [0.15, 0.2) is 0 Å². The van der Waals surface area contributed by atoms with Crippen LogP contribution >= 0.6 is 55.1 Å². The molecule has 0 fully saturated rings. The minimum Gasteiger partial charge on any atom is -0.397 e. The molecule has 0 aliphatic carbocycles. The molecule has 2 heterocycles. The third-order valence-corrected chi connectivity index (χ3v) is 6.26. The summed E-state index contributed by atoms with van der Waals surface area (Å²) in [5, 5.41) is 1.37. The minimum atomic E-state index is 0.643. The van der Waals surface area contributed by atoms with Gasteiger partial charge >= 0.3 is 0 Å². The lowest BCUT2D eigenvalue weighted by Crippen LogP contribution is -2.47. The van der Waals surface area contributed by atoms with Crippen LogP contribution in [0.25, 0.3) is 0 Å². The summed E-state index contributed by atoms with van der Waals surface area (Å²) < 4.78 is 1.62. The molecule has 2 aliphatic heterocycles. The van der Waals surface area contributed by atoms with E-state index in [1.807, 2.05) is 12.1 Å². The molecule has 2 aliphatic rings. The maximum atomic E-state index is 6.48. The Morgan fingerprint density at radius 1 is 0.826 bits per heavy atom. The standard InChI is InChI=1S/C15H12Br2Cl2N4/c16-8-1-10(18)14-6(12(8)20)3-23-5-22(14)4-7-13(21)9(17)2-11(19)15(7)23/h1-2H,3-5,20-21H2. The highest BCUT2D eigenvalue weighted by molar-refractivity contribution is 9.11. The van der Waals surface area contributed by atoms with Gasteiger partial charge in [-0.15, -0.1) is 0 Å². The SMILES string of the molecule is Nc1c(Br)cc(Cl)c2c1CN1CN2Cc2c(N)c(Br)cc(Cl)c21. The predicted molar refractivity (Wildman–Crippen MR) is 104 cm³/mol. The average Bonchev–Trinajstić information content (AvgIpc) is 2.49. The summed E-state index contributed by atoms with van der Waals surface area (Å²) in [4.78, 5) is 4.37. The van der Waals surface area contributed by atoms with E-state index < -0.39 is 0 Å². The third kappa shape index (κ3) is 2.22. The molecule has 0 saturated heterocycles. The number of anilines is 4. The summed E-state index contributed by atoms with van der Waals surface area (Å²) in [7, 11) is 0. The number of nitrogen functional groups attached to an aromatic ring is 2. The van der Waals surface area contributed by atoms with Gasteiger partial charge in [0.25, 0.3) is 0 Å². The lowest BCUT2D eigenvalue weighted by atomic mass is 9.99. The number of rotatable bonds is 0. The highest BCUT2D eigenvalue weighted by Crippen LogP contribution is 2.49. The number of nitrogens with two attached hydrogens (primary N) is 2. The molecular formula is C15H12Br2Cl2N4. The lowest BCUT2D eigenvalue weighted by molar-refractivity contribution is 0.653. The van der Waals surface area contributed by atoms with Gasteiger partial charge in [-0.1, -0.05) is 23.2 Å². The molecule has 0 saturated carbocycles. The lowest BCUT2D eigenvalue weighted by Gasteiger charge is -2.46. The maximum absolute atomic E-state index is 6.48. The summed E-state index contributed by atoms with van der Waals surface area (Å²) in [6, 6.07) is 3.69. The van der Waals surface area contributed by atoms with E-state index in [0.29, 0.717) is 41.2 Å². The summed E-state index contributed by atoms with van der Waals surface area (Å²) in [6.07, 6.45) is 0. The summed E-state index contributed by atoms with van der Waals surface area (Å²) in [5.74, 6) is 0. The van der Waals surface area contributed by atoms with Crippen LogP contribution in [0.15, 0.2) is 21.1 Å². The van der Waals surface area contributed by atoms with Crippen LogP contribution in [-0.4, -0.2) is 6.67 Å². The van der Waals surface area contributed by atoms with Gasteiger partial charge in [-0.25, -0.2) is 0 Å². The fraction of sp³-hybridized carbons (Fsp3) is 0.200. The molecule has 0 amide bonds. The van der Waals surface area contributed by atoms with Gasteiger partial charge in [-0.05, 0) is 44.0 Å². The fourth-order valence-electron chi connectivity index (χ4n) is 3.34. The Morgan fingerprint density at radius 2 is 1.22 bits per heavy atom. The smallest absolute Gasteiger partial charge is 0.0911 e. The van der Waals surface area contributed by atoms with E-state index in [0.717, 1.165) is 31.4 Å². The Morgan fingerprint density at radius 3 is 1.61 bits per heavy atom. The van der Waals surface area contributed by atoms with Crippen LogP contribution in [0.4, 0.5) is 22.7 Å². The molecular weight excluding hydrogens is 467 g/mol. The van der Waals surface area contributed by atoms with Crippen molar-refractivity contribution in [2.45, 2.75) is 13.1 Å². The van der Waals surface area contributed by atoms with E-state index >= 15 is 0 Å². The summed E-state index contributed by atoms with van der Waals surface area (Å²) in [5.41, 5.74) is 17.9. The van der Waals surface area contributed by atoms with Crippen LogP contribution < -0.4 is 21.3 Å². The van der Waals surface area contributed by atoms with Crippen molar-refractivity contribution in [3.63, 3.8) is 0 Å². The molecule has 4 rings (SSSR count). The Kier molecular flexibility index (Phi) is 3.65. The molecule has 0 radical (unpaired) electrons. The summed E-state index contributed by atoms with van der Waals surface area (Å²) >= 11 is 19.9. The maximum Gasteiger partial charge on any atom is 0.0911 e. The zero-order valence-corrected chi connectivity index (χ0v) is 16.5. The van der Waals surface area contributed by atoms with Crippen LogP contribution in [0, 0.1) is 0 Å². The third-order valence-electron chi connectivity index (χ3n) is 4.37. The monoisotopic (exact) mass is 476 g/mol. The van der Waals surface area contributed by atoms with Crippen LogP contribution in [0.5, 0.6) is 0 Å². The topological polar surface area (TPSA) is 58.5 Å². The van der Waals surface area contributed by atoms with E-state index in [9.17, 15) is 0 Å². The second kappa shape index (κ2) is 5.34. The summed E-state index contributed by atoms with van der Waals surface area (Å²) in [6.45, 7) is 2.00. The molecule has 2 bridgehead atoms. The van der Waals surface area contributed by atoms with Gasteiger partial charge in [0.1, 0.15) is 0 Å².